The van der Waals surface area contributed by atoms with Gasteiger partial charge in [-0.1, -0.05) is 12.1 Å². The molecule has 5 heteroatoms. The molecule has 0 bridgehead atoms. The first-order valence-electron chi connectivity index (χ1n) is 5.52. The van der Waals surface area contributed by atoms with Crippen molar-refractivity contribution in [3.8, 4) is 0 Å². The fourth-order valence-corrected chi connectivity index (χ4v) is 1.65. The van der Waals surface area contributed by atoms with Crippen molar-refractivity contribution < 1.29 is 4.79 Å². The van der Waals surface area contributed by atoms with E-state index in [1.165, 1.54) is 0 Å². The molecule has 90 valence electrons. The number of rotatable bonds is 4. The number of hydrogen-bond donors (Lipinski definition) is 2. The Balaban J connectivity index is 1.93. The number of H-pyrrole nitrogens is 1. The number of nitrogens with zero attached hydrogens (tertiary/aromatic N) is 1. The van der Waals surface area contributed by atoms with Crippen LogP contribution in [0.25, 0.3) is 11.0 Å². The Labute approximate surface area is 104 Å². The first-order chi connectivity index (χ1) is 8.16. The van der Waals surface area contributed by atoms with Gasteiger partial charge in [-0.2, -0.15) is 0 Å². The summed E-state index contributed by atoms with van der Waals surface area (Å²) in [4.78, 5) is 18.8. The minimum Gasteiger partial charge on any atom is -0.354 e. The van der Waals surface area contributed by atoms with Crippen molar-refractivity contribution in [2.45, 2.75) is 18.7 Å². The predicted octanol–water partition coefficient (Wildman–Crippen LogP) is 1.85. The SMILES string of the molecule is CC(Cl)C(=O)NCCc1nc2ccccc2[nH]1. The van der Waals surface area contributed by atoms with Gasteiger partial charge in [-0.3, -0.25) is 4.79 Å². The third kappa shape index (κ3) is 2.97. The molecule has 2 N–H and O–H groups in total. The van der Waals surface area contributed by atoms with Crippen molar-refractivity contribution in [2.75, 3.05) is 6.54 Å². The van der Waals surface area contributed by atoms with Gasteiger partial charge in [-0.15, -0.1) is 11.6 Å². The second-order valence-electron chi connectivity index (χ2n) is 3.86. The molecule has 1 amide bonds. The Morgan fingerprint density at radius 3 is 3.00 bits per heavy atom. The van der Waals surface area contributed by atoms with Crippen LogP contribution in [0.15, 0.2) is 24.3 Å². The van der Waals surface area contributed by atoms with Crippen LogP contribution in [0.4, 0.5) is 0 Å². The second-order valence-corrected chi connectivity index (χ2v) is 4.51. The maximum atomic E-state index is 11.2. The number of imidazole rings is 1. The van der Waals surface area contributed by atoms with Crippen molar-refractivity contribution in [1.29, 1.82) is 0 Å². The van der Waals surface area contributed by atoms with E-state index >= 15 is 0 Å². The van der Waals surface area contributed by atoms with Crippen LogP contribution < -0.4 is 5.32 Å². The van der Waals surface area contributed by atoms with Gasteiger partial charge >= 0.3 is 0 Å². The largest absolute Gasteiger partial charge is 0.354 e. The molecule has 1 heterocycles. The van der Waals surface area contributed by atoms with E-state index in [4.69, 9.17) is 11.6 Å². The summed E-state index contributed by atoms with van der Waals surface area (Å²) in [5.74, 6) is 0.719. The number of hydrogen-bond acceptors (Lipinski definition) is 2. The Kier molecular flexibility index (Phi) is 3.64. The fourth-order valence-electron chi connectivity index (χ4n) is 1.57. The lowest BCUT2D eigenvalue weighted by Gasteiger charge is -2.04. The van der Waals surface area contributed by atoms with Crippen molar-refractivity contribution in [1.82, 2.24) is 15.3 Å². The smallest absolute Gasteiger partial charge is 0.237 e. The van der Waals surface area contributed by atoms with Crippen LogP contribution in [-0.2, 0) is 11.2 Å². The minimum absolute atomic E-state index is 0.150. The standard InChI is InChI=1S/C12H14ClN3O/c1-8(13)12(17)14-7-6-11-15-9-4-2-3-5-10(9)16-11/h2-5,8H,6-7H2,1H3,(H,14,17)(H,15,16). The Hall–Kier alpha value is -1.55. The third-order valence-corrected chi connectivity index (χ3v) is 2.66. The zero-order valence-corrected chi connectivity index (χ0v) is 10.3. The first kappa shape index (κ1) is 11.9. The van der Waals surface area contributed by atoms with E-state index in [1.54, 1.807) is 6.92 Å². The summed E-state index contributed by atoms with van der Waals surface area (Å²) < 4.78 is 0. The number of benzene rings is 1. The van der Waals surface area contributed by atoms with Crippen LogP contribution in [0.5, 0.6) is 0 Å². The summed E-state index contributed by atoms with van der Waals surface area (Å²) >= 11 is 5.64. The Morgan fingerprint density at radius 1 is 1.53 bits per heavy atom. The number of para-hydroxylation sites is 2. The van der Waals surface area contributed by atoms with Crippen molar-refractivity contribution in [2.24, 2.45) is 0 Å². The molecule has 1 aromatic carbocycles. The number of amides is 1. The van der Waals surface area contributed by atoms with Gasteiger partial charge < -0.3 is 10.3 Å². The molecule has 17 heavy (non-hydrogen) atoms. The van der Waals surface area contributed by atoms with E-state index in [0.717, 1.165) is 16.9 Å². The molecule has 0 radical (unpaired) electrons. The summed E-state index contributed by atoms with van der Waals surface area (Å²) in [6, 6.07) is 7.84. The first-order valence-corrected chi connectivity index (χ1v) is 5.96. The number of alkyl halides is 1. The van der Waals surface area contributed by atoms with E-state index in [2.05, 4.69) is 15.3 Å². The van der Waals surface area contributed by atoms with Crippen LogP contribution in [0.1, 0.15) is 12.7 Å². The molecule has 0 saturated heterocycles. The minimum atomic E-state index is -0.495. The number of carbonyl (C=O) groups is 1. The summed E-state index contributed by atoms with van der Waals surface area (Å²) in [5.41, 5.74) is 1.96. The monoisotopic (exact) mass is 251 g/mol. The zero-order chi connectivity index (χ0) is 12.3. The highest BCUT2D eigenvalue weighted by Crippen LogP contribution is 2.10. The lowest BCUT2D eigenvalue weighted by atomic mass is 10.3. The molecule has 1 atom stereocenters. The molecule has 0 fully saturated rings. The van der Waals surface area contributed by atoms with Crippen molar-refractivity contribution in [3.05, 3.63) is 30.1 Å². The van der Waals surface area contributed by atoms with Crippen LogP contribution in [0.2, 0.25) is 0 Å². The molecule has 4 nitrogen and oxygen atoms in total. The van der Waals surface area contributed by atoms with Gasteiger partial charge in [-0.25, -0.2) is 4.98 Å². The summed E-state index contributed by atoms with van der Waals surface area (Å²) in [7, 11) is 0. The highest BCUT2D eigenvalue weighted by Gasteiger charge is 2.08. The average molecular weight is 252 g/mol. The number of halogens is 1. The Morgan fingerprint density at radius 2 is 2.29 bits per heavy atom. The molecular formula is C12H14ClN3O. The van der Waals surface area contributed by atoms with Gasteiger partial charge in [0.25, 0.3) is 0 Å². The summed E-state index contributed by atoms with van der Waals surface area (Å²) in [6.07, 6.45) is 0.671. The summed E-state index contributed by atoms with van der Waals surface area (Å²) in [6.45, 7) is 2.19. The van der Waals surface area contributed by atoms with E-state index in [0.29, 0.717) is 13.0 Å². The molecule has 1 aromatic heterocycles. The number of carbonyl (C=O) groups excluding carboxylic acids is 1. The lowest BCUT2D eigenvalue weighted by molar-refractivity contribution is -0.120. The average Bonchev–Trinajstić information content (AvgIpc) is 2.71. The molecule has 1 unspecified atom stereocenters. The highest BCUT2D eigenvalue weighted by molar-refractivity contribution is 6.30. The van der Waals surface area contributed by atoms with Gasteiger partial charge in [-0.05, 0) is 19.1 Å². The van der Waals surface area contributed by atoms with Gasteiger partial charge in [0.15, 0.2) is 0 Å². The lowest BCUT2D eigenvalue weighted by Crippen LogP contribution is -2.31. The zero-order valence-electron chi connectivity index (χ0n) is 9.53. The van der Waals surface area contributed by atoms with E-state index in [9.17, 15) is 4.79 Å². The van der Waals surface area contributed by atoms with Crippen LogP contribution in [-0.4, -0.2) is 27.8 Å². The van der Waals surface area contributed by atoms with Crippen LogP contribution in [0.3, 0.4) is 0 Å². The second kappa shape index (κ2) is 5.19. The fraction of sp³-hybridized carbons (Fsp3) is 0.333. The van der Waals surface area contributed by atoms with Gasteiger partial charge in [0.1, 0.15) is 11.2 Å². The van der Waals surface area contributed by atoms with E-state index in [-0.39, 0.29) is 5.91 Å². The molecule has 0 saturated carbocycles. The van der Waals surface area contributed by atoms with E-state index < -0.39 is 5.38 Å². The maximum absolute atomic E-state index is 11.2. The van der Waals surface area contributed by atoms with Crippen LogP contribution in [0, 0.1) is 0 Å². The number of fused-ring (bicyclic) bond motifs is 1. The van der Waals surface area contributed by atoms with E-state index in [1.807, 2.05) is 24.3 Å². The Bertz CT molecular complexity index is 488. The third-order valence-electron chi connectivity index (χ3n) is 2.46. The van der Waals surface area contributed by atoms with Gasteiger partial charge in [0.05, 0.1) is 11.0 Å². The maximum Gasteiger partial charge on any atom is 0.237 e. The van der Waals surface area contributed by atoms with Crippen LogP contribution >= 0.6 is 11.6 Å². The molecular weight excluding hydrogens is 238 g/mol. The van der Waals surface area contributed by atoms with Crippen molar-refractivity contribution in [3.63, 3.8) is 0 Å². The predicted molar refractivity (Wildman–Crippen MR) is 68.1 cm³/mol. The van der Waals surface area contributed by atoms with Gasteiger partial charge in [0.2, 0.25) is 5.91 Å². The molecule has 0 spiro atoms. The highest BCUT2D eigenvalue weighted by atomic mass is 35.5. The topological polar surface area (TPSA) is 57.8 Å². The number of aromatic amines is 1. The molecule has 2 aromatic rings. The molecule has 2 rings (SSSR count). The van der Waals surface area contributed by atoms with Crippen molar-refractivity contribution >= 4 is 28.5 Å². The normalized spacial score (nSPS) is 12.6. The molecule has 0 aliphatic carbocycles. The summed E-state index contributed by atoms with van der Waals surface area (Å²) in [5, 5.41) is 2.25. The molecule has 0 aliphatic rings. The van der Waals surface area contributed by atoms with Gasteiger partial charge in [0, 0.05) is 13.0 Å². The quantitative estimate of drug-likeness (QED) is 0.815. The number of nitrogens with one attached hydrogen (secondary N) is 2. The molecule has 0 aliphatic heterocycles. The number of aromatic nitrogens is 2.